The molecule has 1 N–H and O–H groups in total. The summed E-state index contributed by atoms with van der Waals surface area (Å²) >= 11 is 0. The van der Waals surface area contributed by atoms with E-state index in [0.29, 0.717) is 0 Å². The Morgan fingerprint density at radius 3 is 2.39 bits per heavy atom. The van der Waals surface area contributed by atoms with Crippen molar-refractivity contribution in [3.05, 3.63) is 89.2 Å². The fraction of sp³-hybridized carbons (Fsp3) is 0.290. The number of fused-ring (bicyclic) bond motifs is 3. The van der Waals surface area contributed by atoms with Crippen LogP contribution in [0, 0.1) is 12.8 Å². The monoisotopic (exact) mass is 482 g/mol. The molecule has 36 heavy (non-hydrogen) atoms. The highest BCUT2D eigenvalue weighted by Gasteiger charge is 2.42. The van der Waals surface area contributed by atoms with Gasteiger partial charge >= 0.3 is 0 Å². The van der Waals surface area contributed by atoms with Gasteiger partial charge in [-0.2, -0.15) is 0 Å². The van der Waals surface area contributed by atoms with Gasteiger partial charge in [-0.05, 0) is 55.3 Å². The number of allylic oxidation sites excluding steroid dienone is 2. The minimum Gasteiger partial charge on any atom is -0.497 e. The highest BCUT2D eigenvalue weighted by Crippen LogP contribution is 2.50. The van der Waals surface area contributed by atoms with Crippen molar-refractivity contribution in [2.45, 2.75) is 18.9 Å². The van der Waals surface area contributed by atoms with E-state index in [1.54, 1.807) is 14.2 Å². The maximum absolute atomic E-state index is 7.21. The van der Waals surface area contributed by atoms with E-state index in [1.165, 1.54) is 0 Å². The lowest BCUT2D eigenvalue weighted by Gasteiger charge is -2.42. The Labute approximate surface area is 213 Å². The molecule has 5 heteroatoms. The quantitative estimate of drug-likeness (QED) is 0.452. The first-order valence-electron chi connectivity index (χ1n) is 12.3. The van der Waals surface area contributed by atoms with Gasteiger partial charge in [0.25, 0.3) is 0 Å². The number of nitrogens with zero attached hydrogens (tertiary/aromatic N) is 1. The molecule has 0 saturated heterocycles. The Hall–Kier alpha value is -3.86. The van der Waals surface area contributed by atoms with Gasteiger partial charge in [-0.25, -0.2) is 0 Å². The molecule has 1 aliphatic carbocycles. The molecule has 5 nitrogen and oxygen atoms in total. The number of anilines is 1. The molecule has 1 heterocycles. The molecule has 0 fully saturated rings. The topological polar surface area (TPSA) is 43.0 Å². The van der Waals surface area contributed by atoms with Gasteiger partial charge < -0.3 is 24.4 Å². The van der Waals surface area contributed by atoms with Crippen LogP contribution in [0.3, 0.4) is 0 Å². The van der Waals surface area contributed by atoms with Crippen molar-refractivity contribution in [1.82, 2.24) is 5.32 Å². The molecular formula is C31H34N2O3. The Balaban J connectivity index is 1.73. The standard InChI is InChI=1S/C31H34N2O3/c1-20-17-27-28(18-24(33(3)4)19-29(27)35-6)30-26(20)15-16-31(36-30,21-7-11-23(32-2)12-8-21)22-9-13-25(34-5)14-10-22/h7,9-19,21,32H,8H2,1-6H3. The number of methoxy groups -OCH3 is 2. The van der Waals surface area contributed by atoms with Crippen molar-refractivity contribution in [2.24, 2.45) is 5.92 Å². The van der Waals surface area contributed by atoms with Crippen LogP contribution in [0.5, 0.6) is 17.2 Å². The minimum atomic E-state index is -0.673. The van der Waals surface area contributed by atoms with Crippen LogP contribution in [0.15, 0.2) is 72.5 Å². The average Bonchev–Trinajstić information content (AvgIpc) is 2.92. The molecule has 0 aromatic heterocycles. The molecule has 5 rings (SSSR count). The fourth-order valence-corrected chi connectivity index (χ4v) is 5.27. The number of hydrogen-bond donors (Lipinski definition) is 1. The predicted octanol–water partition coefficient (Wildman–Crippen LogP) is 6.21. The lowest BCUT2D eigenvalue weighted by Crippen LogP contribution is -2.40. The van der Waals surface area contributed by atoms with Crippen LogP contribution in [-0.2, 0) is 5.60 Å². The van der Waals surface area contributed by atoms with Crippen molar-refractivity contribution >= 4 is 22.5 Å². The van der Waals surface area contributed by atoms with Gasteiger partial charge in [0.05, 0.1) is 14.2 Å². The lowest BCUT2D eigenvalue weighted by atomic mass is 9.75. The number of likely N-dealkylation sites (N-methyl/N-ethyl adjacent to an activating group) is 1. The Kier molecular flexibility index (Phi) is 6.17. The summed E-state index contributed by atoms with van der Waals surface area (Å²) in [5.41, 5.74) is 4.87. The lowest BCUT2D eigenvalue weighted by molar-refractivity contribution is 0.0724. The number of hydrogen-bond acceptors (Lipinski definition) is 5. The van der Waals surface area contributed by atoms with Crippen LogP contribution < -0.4 is 24.4 Å². The summed E-state index contributed by atoms with van der Waals surface area (Å²) in [7, 11) is 9.46. The maximum atomic E-state index is 7.21. The number of ether oxygens (including phenoxy) is 3. The van der Waals surface area contributed by atoms with Gasteiger partial charge in [-0.15, -0.1) is 0 Å². The summed E-state index contributed by atoms with van der Waals surface area (Å²) in [6.07, 6.45) is 12.0. The highest BCUT2D eigenvalue weighted by molar-refractivity contribution is 5.99. The smallest absolute Gasteiger partial charge is 0.159 e. The van der Waals surface area contributed by atoms with Gasteiger partial charge in [0.1, 0.15) is 17.2 Å². The summed E-state index contributed by atoms with van der Waals surface area (Å²) in [6, 6.07) is 14.7. The Morgan fingerprint density at radius 2 is 1.78 bits per heavy atom. The zero-order valence-electron chi connectivity index (χ0n) is 21.9. The molecule has 0 saturated carbocycles. The third kappa shape index (κ3) is 3.89. The van der Waals surface area contributed by atoms with Gasteiger partial charge in [0.2, 0.25) is 0 Å². The highest BCUT2D eigenvalue weighted by atomic mass is 16.5. The van der Waals surface area contributed by atoms with E-state index in [0.717, 1.165) is 62.5 Å². The zero-order valence-corrected chi connectivity index (χ0v) is 21.9. The van der Waals surface area contributed by atoms with Crippen LogP contribution in [0.4, 0.5) is 5.69 Å². The molecule has 1 aliphatic heterocycles. The molecule has 3 aromatic rings. The molecule has 0 spiro atoms. The van der Waals surface area contributed by atoms with Gasteiger partial charge in [-0.3, -0.25) is 0 Å². The van der Waals surface area contributed by atoms with Crippen molar-refractivity contribution in [1.29, 1.82) is 0 Å². The van der Waals surface area contributed by atoms with Crippen LogP contribution in [0.2, 0.25) is 0 Å². The van der Waals surface area contributed by atoms with Crippen molar-refractivity contribution < 1.29 is 14.2 Å². The van der Waals surface area contributed by atoms with Crippen LogP contribution in [0.25, 0.3) is 16.8 Å². The van der Waals surface area contributed by atoms with Crippen molar-refractivity contribution in [3.63, 3.8) is 0 Å². The second kappa shape index (κ2) is 9.30. The van der Waals surface area contributed by atoms with Crippen molar-refractivity contribution in [2.75, 3.05) is 40.3 Å². The van der Waals surface area contributed by atoms with Crippen LogP contribution >= 0.6 is 0 Å². The van der Waals surface area contributed by atoms with E-state index in [4.69, 9.17) is 14.2 Å². The number of rotatable bonds is 6. The van der Waals surface area contributed by atoms with E-state index in [-0.39, 0.29) is 5.92 Å². The molecule has 2 aliphatic rings. The van der Waals surface area contributed by atoms with Crippen LogP contribution in [-0.4, -0.2) is 35.4 Å². The third-order valence-corrected chi connectivity index (χ3v) is 7.39. The zero-order chi connectivity index (χ0) is 25.4. The first-order valence-corrected chi connectivity index (χ1v) is 12.3. The summed E-state index contributed by atoms with van der Waals surface area (Å²) in [5.74, 6) is 2.67. The normalized spacial score (nSPS) is 20.4. The number of aryl methyl sites for hydroxylation is 1. The fourth-order valence-electron chi connectivity index (χ4n) is 5.27. The number of benzene rings is 3. The Morgan fingerprint density at radius 1 is 1.00 bits per heavy atom. The first kappa shape index (κ1) is 23.9. The molecule has 0 amide bonds. The molecule has 2 atom stereocenters. The molecule has 0 radical (unpaired) electrons. The molecule has 0 bridgehead atoms. The average molecular weight is 483 g/mol. The van der Waals surface area contributed by atoms with E-state index < -0.39 is 5.60 Å². The summed E-state index contributed by atoms with van der Waals surface area (Å²) in [5, 5.41) is 5.35. The van der Waals surface area contributed by atoms with E-state index in [9.17, 15) is 0 Å². The second-order valence-corrected chi connectivity index (χ2v) is 9.64. The third-order valence-electron chi connectivity index (χ3n) is 7.39. The predicted molar refractivity (Wildman–Crippen MR) is 148 cm³/mol. The van der Waals surface area contributed by atoms with Crippen LogP contribution in [0.1, 0.15) is 23.1 Å². The van der Waals surface area contributed by atoms with E-state index >= 15 is 0 Å². The summed E-state index contributed by atoms with van der Waals surface area (Å²) in [6.45, 7) is 2.13. The van der Waals surface area contributed by atoms with E-state index in [1.807, 2.05) is 33.3 Å². The van der Waals surface area contributed by atoms with Gasteiger partial charge in [0, 0.05) is 66.4 Å². The summed E-state index contributed by atoms with van der Waals surface area (Å²) < 4.78 is 18.5. The largest absolute Gasteiger partial charge is 0.497 e. The van der Waals surface area contributed by atoms with Gasteiger partial charge in [0.15, 0.2) is 5.60 Å². The van der Waals surface area contributed by atoms with Gasteiger partial charge in [-0.1, -0.05) is 30.4 Å². The molecule has 186 valence electrons. The minimum absolute atomic E-state index is 0.113. The Bertz CT molecular complexity index is 1390. The molecule has 3 aromatic carbocycles. The second-order valence-electron chi connectivity index (χ2n) is 9.64. The van der Waals surface area contributed by atoms with E-state index in [2.05, 4.69) is 77.9 Å². The number of nitrogens with one attached hydrogen (secondary N) is 1. The van der Waals surface area contributed by atoms with Crippen molar-refractivity contribution in [3.8, 4) is 17.2 Å². The maximum Gasteiger partial charge on any atom is 0.159 e. The summed E-state index contributed by atoms with van der Waals surface area (Å²) in [4.78, 5) is 2.09. The molecule has 2 unspecified atom stereocenters. The SMILES string of the molecule is CNC1=CCC(C2(c3ccc(OC)cc3)C=Cc3c(C)cc4c(OC)cc(N(C)C)cc4c3O2)C=C1. The first-order chi connectivity index (χ1) is 17.4. The molecular weight excluding hydrogens is 448 g/mol.